The third kappa shape index (κ3) is 1.94. The molecule has 0 aromatic rings. The molecule has 3 heteroatoms. The molecule has 1 aliphatic carbocycles. The Morgan fingerprint density at radius 1 is 1.67 bits per heavy atom. The third-order valence-electron chi connectivity index (χ3n) is 2.10. The van der Waals surface area contributed by atoms with Crippen molar-refractivity contribution < 1.29 is 14.7 Å². The van der Waals surface area contributed by atoms with E-state index >= 15 is 0 Å². The Hall–Kier alpha value is -1.12. The first-order valence-corrected chi connectivity index (χ1v) is 4.02. The largest absolute Gasteiger partial charge is 0.481 e. The van der Waals surface area contributed by atoms with Gasteiger partial charge in [0.05, 0.1) is 0 Å². The number of allylic oxidation sites excluding steroid dienone is 2. The number of rotatable bonds is 1. The second kappa shape index (κ2) is 3.52. The first-order chi connectivity index (χ1) is 5.61. The summed E-state index contributed by atoms with van der Waals surface area (Å²) in [4.78, 5) is 21.8. The summed E-state index contributed by atoms with van der Waals surface area (Å²) in [5.74, 6) is -1.94. The summed E-state index contributed by atoms with van der Waals surface area (Å²) in [6.45, 7) is 1.87. The average Bonchev–Trinajstić information content (AvgIpc) is 2.13. The molecule has 1 aliphatic rings. The monoisotopic (exact) mass is 168 g/mol. The molecule has 0 amide bonds. The molecule has 0 bridgehead atoms. The second-order valence-corrected chi connectivity index (χ2v) is 3.15. The Morgan fingerprint density at radius 2 is 2.33 bits per heavy atom. The van der Waals surface area contributed by atoms with E-state index in [1.165, 1.54) is 0 Å². The second-order valence-electron chi connectivity index (χ2n) is 3.15. The molecule has 0 aliphatic heterocycles. The molecule has 0 heterocycles. The maximum absolute atomic E-state index is 11.2. The van der Waals surface area contributed by atoms with Crippen LogP contribution in [0.15, 0.2) is 11.6 Å². The van der Waals surface area contributed by atoms with Crippen molar-refractivity contribution >= 4 is 11.8 Å². The Kier molecular flexibility index (Phi) is 2.63. The molecule has 0 fully saturated rings. The number of aliphatic carboxylic acids is 1. The standard InChI is InChI=1S/C9H12O3/c1-6-3-2-4-8(10)7(5-6)9(11)12/h3,7H,2,4-5H2,1H3,(H,11,12)/t7-/m1/s1. The van der Waals surface area contributed by atoms with Crippen LogP contribution < -0.4 is 0 Å². The van der Waals surface area contributed by atoms with Crippen LogP contribution in [0.3, 0.4) is 0 Å². The minimum atomic E-state index is -0.991. The lowest BCUT2D eigenvalue weighted by molar-refractivity contribution is -0.146. The molecule has 1 rings (SSSR count). The van der Waals surface area contributed by atoms with Crippen molar-refractivity contribution in [3.63, 3.8) is 0 Å². The summed E-state index contributed by atoms with van der Waals surface area (Å²) < 4.78 is 0. The average molecular weight is 168 g/mol. The summed E-state index contributed by atoms with van der Waals surface area (Å²) in [5, 5.41) is 8.70. The number of carboxylic acid groups (broad SMARTS) is 1. The van der Waals surface area contributed by atoms with Crippen LogP contribution in [-0.2, 0) is 9.59 Å². The van der Waals surface area contributed by atoms with Gasteiger partial charge in [-0.25, -0.2) is 0 Å². The van der Waals surface area contributed by atoms with Gasteiger partial charge < -0.3 is 5.11 Å². The van der Waals surface area contributed by atoms with E-state index in [-0.39, 0.29) is 5.78 Å². The minimum absolute atomic E-state index is 0.143. The number of carbonyl (C=O) groups excluding carboxylic acids is 1. The molecular weight excluding hydrogens is 156 g/mol. The molecule has 0 saturated carbocycles. The summed E-state index contributed by atoms with van der Waals surface area (Å²) >= 11 is 0. The molecule has 12 heavy (non-hydrogen) atoms. The molecule has 0 aromatic heterocycles. The van der Waals surface area contributed by atoms with E-state index < -0.39 is 11.9 Å². The zero-order valence-corrected chi connectivity index (χ0v) is 7.04. The predicted octanol–water partition coefficient (Wildman–Crippen LogP) is 1.39. The Balaban J connectivity index is 2.76. The molecule has 0 radical (unpaired) electrons. The van der Waals surface area contributed by atoms with Gasteiger partial charge in [0.2, 0.25) is 0 Å². The van der Waals surface area contributed by atoms with Crippen molar-refractivity contribution in [2.24, 2.45) is 5.92 Å². The number of hydrogen-bond donors (Lipinski definition) is 1. The van der Waals surface area contributed by atoms with Gasteiger partial charge in [-0.1, -0.05) is 11.6 Å². The number of Topliss-reactive ketones (excluding diaryl/α,β-unsaturated/α-hetero) is 1. The normalized spacial score (nSPS) is 24.6. The first-order valence-electron chi connectivity index (χ1n) is 4.02. The number of carboxylic acids is 1. The molecule has 0 spiro atoms. The van der Waals surface area contributed by atoms with Gasteiger partial charge in [0, 0.05) is 6.42 Å². The zero-order valence-electron chi connectivity index (χ0n) is 7.04. The Labute approximate surface area is 71.1 Å². The molecule has 0 unspecified atom stereocenters. The van der Waals surface area contributed by atoms with Gasteiger partial charge in [-0.2, -0.15) is 0 Å². The highest BCUT2D eigenvalue weighted by Gasteiger charge is 2.26. The summed E-state index contributed by atoms with van der Waals surface area (Å²) in [6.07, 6.45) is 3.39. The zero-order chi connectivity index (χ0) is 9.14. The van der Waals surface area contributed by atoms with Gasteiger partial charge in [0.1, 0.15) is 11.7 Å². The molecule has 1 N–H and O–H groups in total. The van der Waals surface area contributed by atoms with E-state index in [4.69, 9.17) is 5.11 Å². The van der Waals surface area contributed by atoms with E-state index in [9.17, 15) is 9.59 Å². The SMILES string of the molecule is CC1=CCCC(=O)[C@H](C(=O)O)C1. The van der Waals surface area contributed by atoms with Crippen molar-refractivity contribution in [3.8, 4) is 0 Å². The number of hydrogen-bond acceptors (Lipinski definition) is 2. The molecular formula is C9H12O3. The van der Waals surface area contributed by atoms with E-state index in [1.807, 2.05) is 13.0 Å². The van der Waals surface area contributed by atoms with E-state index in [2.05, 4.69) is 0 Å². The van der Waals surface area contributed by atoms with Gasteiger partial charge in [0.25, 0.3) is 0 Å². The van der Waals surface area contributed by atoms with E-state index in [0.29, 0.717) is 19.3 Å². The van der Waals surface area contributed by atoms with Crippen molar-refractivity contribution in [2.75, 3.05) is 0 Å². The molecule has 66 valence electrons. The van der Waals surface area contributed by atoms with Gasteiger partial charge in [-0.05, 0) is 19.8 Å². The highest BCUT2D eigenvalue weighted by molar-refractivity contribution is 5.98. The van der Waals surface area contributed by atoms with Crippen molar-refractivity contribution in [1.82, 2.24) is 0 Å². The van der Waals surface area contributed by atoms with E-state index in [0.717, 1.165) is 5.57 Å². The molecule has 0 aromatic carbocycles. The Bertz CT molecular complexity index is 240. The first kappa shape index (κ1) is 8.97. The predicted molar refractivity (Wildman–Crippen MR) is 43.7 cm³/mol. The fourth-order valence-corrected chi connectivity index (χ4v) is 1.38. The van der Waals surface area contributed by atoms with Crippen LogP contribution in [0.5, 0.6) is 0 Å². The lowest BCUT2D eigenvalue weighted by Crippen LogP contribution is -2.22. The van der Waals surface area contributed by atoms with Gasteiger partial charge >= 0.3 is 5.97 Å². The number of carbonyl (C=O) groups is 2. The fraction of sp³-hybridized carbons (Fsp3) is 0.556. The summed E-state index contributed by atoms with van der Waals surface area (Å²) in [6, 6.07) is 0. The third-order valence-corrected chi connectivity index (χ3v) is 2.10. The Morgan fingerprint density at radius 3 is 2.92 bits per heavy atom. The topological polar surface area (TPSA) is 54.4 Å². The summed E-state index contributed by atoms with van der Waals surface area (Å²) in [5.41, 5.74) is 1.01. The minimum Gasteiger partial charge on any atom is -0.481 e. The van der Waals surface area contributed by atoms with Crippen LogP contribution in [0.25, 0.3) is 0 Å². The number of ketones is 1. The molecule has 3 nitrogen and oxygen atoms in total. The van der Waals surface area contributed by atoms with Crippen molar-refractivity contribution in [1.29, 1.82) is 0 Å². The van der Waals surface area contributed by atoms with Crippen LogP contribution in [0, 0.1) is 5.92 Å². The lowest BCUT2D eigenvalue weighted by atomic mass is 9.97. The van der Waals surface area contributed by atoms with Crippen LogP contribution >= 0.6 is 0 Å². The summed E-state index contributed by atoms with van der Waals surface area (Å²) in [7, 11) is 0. The van der Waals surface area contributed by atoms with Crippen LogP contribution in [0.4, 0.5) is 0 Å². The lowest BCUT2D eigenvalue weighted by Gasteiger charge is -2.06. The molecule has 0 saturated heterocycles. The molecule has 1 atom stereocenters. The van der Waals surface area contributed by atoms with Crippen LogP contribution in [0.2, 0.25) is 0 Å². The fourth-order valence-electron chi connectivity index (χ4n) is 1.38. The smallest absolute Gasteiger partial charge is 0.314 e. The van der Waals surface area contributed by atoms with Crippen LogP contribution in [0.1, 0.15) is 26.2 Å². The van der Waals surface area contributed by atoms with Gasteiger partial charge in [-0.3, -0.25) is 9.59 Å². The highest BCUT2D eigenvalue weighted by atomic mass is 16.4. The maximum Gasteiger partial charge on any atom is 0.314 e. The van der Waals surface area contributed by atoms with Gasteiger partial charge in [0.15, 0.2) is 0 Å². The van der Waals surface area contributed by atoms with Gasteiger partial charge in [-0.15, -0.1) is 0 Å². The quantitative estimate of drug-likeness (QED) is 0.475. The van der Waals surface area contributed by atoms with Crippen molar-refractivity contribution in [2.45, 2.75) is 26.2 Å². The highest BCUT2D eigenvalue weighted by Crippen LogP contribution is 2.20. The van der Waals surface area contributed by atoms with Crippen molar-refractivity contribution in [3.05, 3.63) is 11.6 Å². The maximum atomic E-state index is 11.2. The van der Waals surface area contributed by atoms with Crippen LogP contribution in [-0.4, -0.2) is 16.9 Å². The van der Waals surface area contributed by atoms with E-state index in [1.54, 1.807) is 0 Å².